The number of aromatic amines is 1. The summed E-state index contributed by atoms with van der Waals surface area (Å²) in [4.78, 5) is 12.2. The highest BCUT2D eigenvalue weighted by molar-refractivity contribution is 5.92. The third-order valence-corrected chi connectivity index (χ3v) is 3.57. The van der Waals surface area contributed by atoms with Crippen molar-refractivity contribution in [2.75, 3.05) is 11.9 Å². The minimum atomic E-state index is -0.0972. The maximum atomic E-state index is 12.2. The number of ether oxygens (including phenoxy) is 1. The van der Waals surface area contributed by atoms with E-state index in [0.717, 1.165) is 22.5 Å². The molecule has 1 aromatic heterocycles. The van der Waals surface area contributed by atoms with E-state index in [-0.39, 0.29) is 18.9 Å². The van der Waals surface area contributed by atoms with Gasteiger partial charge in [-0.3, -0.25) is 9.89 Å². The molecule has 2 N–H and O–H groups in total. The van der Waals surface area contributed by atoms with Crippen LogP contribution in [0.2, 0.25) is 0 Å². The molecule has 124 valence electrons. The minimum absolute atomic E-state index is 0.00831. The van der Waals surface area contributed by atoms with E-state index >= 15 is 0 Å². The lowest BCUT2D eigenvalue weighted by atomic mass is 10.1. The van der Waals surface area contributed by atoms with Crippen molar-refractivity contribution in [1.82, 2.24) is 10.2 Å². The summed E-state index contributed by atoms with van der Waals surface area (Å²) in [5.74, 6) is 0.514. The van der Waals surface area contributed by atoms with E-state index in [0.29, 0.717) is 5.75 Å². The molecule has 0 aliphatic rings. The van der Waals surface area contributed by atoms with Gasteiger partial charge in [-0.25, -0.2) is 0 Å². The molecule has 0 aliphatic carbocycles. The number of carbonyl (C=O) groups is 1. The molecule has 0 atom stereocenters. The van der Waals surface area contributed by atoms with Gasteiger partial charge in [0.1, 0.15) is 11.8 Å². The molecule has 0 bridgehead atoms. The van der Waals surface area contributed by atoms with Crippen LogP contribution in [0, 0.1) is 11.3 Å². The van der Waals surface area contributed by atoms with Crippen LogP contribution in [0.3, 0.4) is 0 Å². The summed E-state index contributed by atoms with van der Waals surface area (Å²) in [7, 11) is 0. The average molecular weight is 332 g/mol. The number of aromatic nitrogens is 2. The first kappa shape index (κ1) is 16.3. The summed E-state index contributed by atoms with van der Waals surface area (Å²) >= 11 is 0. The number of carbonyl (C=O) groups excluding carboxylic acids is 1. The maximum Gasteiger partial charge on any atom is 0.228 e. The zero-order valence-electron chi connectivity index (χ0n) is 13.4. The smallest absolute Gasteiger partial charge is 0.228 e. The summed E-state index contributed by atoms with van der Waals surface area (Å²) in [6, 6.07) is 18.5. The molecule has 6 nitrogen and oxygen atoms in total. The molecule has 0 aliphatic heterocycles. The molecule has 2 aromatic carbocycles. The average Bonchev–Trinajstić information content (AvgIpc) is 3.16. The van der Waals surface area contributed by atoms with Crippen LogP contribution in [0.1, 0.15) is 5.56 Å². The second kappa shape index (κ2) is 7.79. The standard InChI is InChI=1S/C19H16N4O2/c20-10-12-25-17-7-1-14(2-8-17)13-19(24)22-16-5-3-15(4-6-16)18-9-11-21-23-18/h1-9,11H,12-13H2,(H,21,23)(H,22,24). The van der Waals surface area contributed by atoms with Gasteiger partial charge in [-0.05, 0) is 41.5 Å². The van der Waals surface area contributed by atoms with Gasteiger partial charge in [-0.1, -0.05) is 24.3 Å². The molecular formula is C19H16N4O2. The normalized spacial score (nSPS) is 10.0. The Morgan fingerprint density at radius 3 is 2.52 bits per heavy atom. The van der Waals surface area contributed by atoms with Gasteiger partial charge in [-0.2, -0.15) is 10.4 Å². The molecule has 0 unspecified atom stereocenters. The molecule has 3 rings (SSSR count). The lowest BCUT2D eigenvalue weighted by Crippen LogP contribution is -2.14. The number of nitriles is 1. The van der Waals surface area contributed by atoms with Crippen molar-refractivity contribution in [2.24, 2.45) is 0 Å². The first-order valence-corrected chi connectivity index (χ1v) is 7.73. The Hall–Kier alpha value is -3.59. The molecule has 0 saturated heterocycles. The van der Waals surface area contributed by atoms with Gasteiger partial charge in [-0.15, -0.1) is 0 Å². The van der Waals surface area contributed by atoms with Crippen LogP contribution in [-0.4, -0.2) is 22.7 Å². The first-order valence-electron chi connectivity index (χ1n) is 7.73. The van der Waals surface area contributed by atoms with Crippen LogP contribution in [-0.2, 0) is 11.2 Å². The van der Waals surface area contributed by atoms with Crippen molar-refractivity contribution in [3.8, 4) is 23.1 Å². The Labute approximate surface area is 145 Å². The predicted molar refractivity (Wildman–Crippen MR) is 93.9 cm³/mol. The molecule has 1 amide bonds. The van der Waals surface area contributed by atoms with Gasteiger partial charge < -0.3 is 10.1 Å². The third-order valence-electron chi connectivity index (χ3n) is 3.57. The van der Waals surface area contributed by atoms with Gasteiger partial charge >= 0.3 is 0 Å². The molecule has 0 saturated carbocycles. The third kappa shape index (κ3) is 4.45. The van der Waals surface area contributed by atoms with Crippen molar-refractivity contribution < 1.29 is 9.53 Å². The van der Waals surface area contributed by atoms with Crippen LogP contribution >= 0.6 is 0 Å². The van der Waals surface area contributed by atoms with Crippen LogP contribution in [0.25, 0.3) is 11.3 Å². The number of amides is 1. The Kier molecular flexibility index (Phi) is 5.07. The lowest BCUT2D eigenvalue weighted by Gasteiger charge is -2.07. The molecule has 1 heterocycles. The Balaban J connectivity index is 1.56. The highest BCUT2D eigenvalue weighted by Gasteiger charge is 2.05. The van der Waals surface area contributed by atoms with Gasteiger partial charge in [0.05, 0.1) is 12.1 Å². The van der Waals surface area contributed by atoms with Crippen LogP contribution in [0.4, 0.5) is 5.69 Å². The molecule has 25 heavy (non-hydrogen) atoms. The van der Waals surface area contributed by atoms with Crippen LogP contribution < -0.4 is 10.1 Å². The SMILES string of the molecule is N#CCOc1ccc(CC(=O)Nc2ccc(-c3ccn[nH]3)cc2)cc1. The van der Waals surface area contributed by atoms with Crippen molar-refractivity contribution in [3.63, 3.8) is 0 Å². The topological polar surface area (TPSA) is 90.8 Å². The van der Waals surface area contributed by atoms with E-state index in [1.807, 2.05) is 48.5 Å². The number of nitrogens with zero attached hydrogens (tertiary/aromatic N) is 2. The van der Waals surface area contributed by atoms with E-state index in [9.17, 15) is 4.79 Å². The van der Waals surface area contributed by atoms with Crippen LogP contribution in [0.5, 0.6) is 5.75 Å². The molecule has 6 heteroatoms. The van der Waals surface area contributed by atoms with Gasteiger partial charge in [0.25, 0.3) is 0 Å². The number of hydrogen-bond donors (Lipinski definition) is 2. The summed E-state index contributed by atoms with van der Waals surface area (Å²) < 4.78 is 5.18. The number of nitrogens with one attached hydrogen (secondary N) is 2. The predicted octanol–water partition coefficient (Wildman–Crippen LogP) is 3.16. The van der Waals surface area contributed by atoms with E-state index in [4.69, 9.17) is 10.00 Å². The summed E-state index contributed by atoms with van der Waals surface area (Å²) in [5, 5.41) is 18.2. The number of anilines is 1. The summed E-state index contributed by atoms with van der Waals surface area (Å²) in [6.07, 6.45) is 1.96. The monoisotopic (exact) mass is 332 g/mol. The van der Waals surface area contributed by atoms with Gasteiger partial charge in [0.15, 0.2) is 6.61 Å². The Morgan fingerprint density at radius 2 is 1.88 bits per heavy atom. The van der Waals surface area contributed by atoms with Crippen molar-refractivity contribution in [1.29, 1.82) is 5.26 Å². The second-order valence-corrected chi connectivity index (χ2v) is 5.36. The van der Waals surface area contributed by atoms with Crippen molar-refractivity contribution in [3.05, 3.63) is 66.4 Å². The molecule has 0 radical (unpaired) electrons. The van der Waals surface area contributed by atoms with Gasteiger partial charge in [0, 0.05) is 11.9 Å². The maximum absolute atomic E-state index is 12.2. The molecule has 3 aromatic rings. The number of benzene rings is 2. The van der Waals surface area contributed by atoms with Crippen molar-refractivity contribution in [2.45, 2.75) is 6.42 Å². The number of H-pyrrole nitrogens is 1. The van der Waals surface area contributed by atoms with Crippen LogP contribution in [0.15, 0.2) is 60.8 Å². The molecular weight excluding hydrogens is 316 g/mol. The molecule has 0 fully saturated rings. The second-order valence-electron chi connectivity index (χ2n) is 5.36. The summed E-state index contributed by atoms with van der Waals surface area (Å²) in [5.41, 5.74) is 3.54. The summed E-state index contributed by atoms with van der Waals surface area (Å²) in [6.45, 7) is 0.00831. The highest BCUT2D eigenvalue weighted by atomic mass is 16.5. The fraction of sp³-hybridized carbons (Fsp3) is 0.105. The number of hydrogen-bond acceptors (Lipinski definition) is 4. The Morgan fingerprint density at radius 1 is 1.12 bits per heavy atom. The quantitative estimate of drug-likeness (QED) is 0.725. The minimum Gasteiger partial charge on any atom is -0.479 e. The van der Waals surface area contributed by atoms with E-state index in [1.165, 1.54) is 0 Å². The molecule has 0 spiro atoms. The van der Waals surface area contributed by atoms with Gasteiger partial charge in [0.2, 0.25) is 5.91 Å². The number of rotatable bonds is 6. The highest BCUT2D eigenvalue weighted by Crippen LogP contribution is 2.19. The van der Waals surface area contributed by atoms with E-state index < -0.39 is 0 Å². The zero-order valence-corrected chi connectivity index (χ0v) is 13.4. The first-order chi connectivity index (χ1) is 12.2. The van der Waals surface area contributed by atoms with Crippen molar-refractivity contribution >= 4 is 11.6 Å². The Bertz CT molecular complexity index is 863. The fourth-order valence-corrected chi connectivity index (χ4v) is 2.36. The lowest BCUT2D eigenvalue weighted by molar-refractivity contribution is -0.115. The fourth-order valence-electron chi connectivity index (χ4n) is 2.36. The zero-order chi connectivity index (χ0) is 17.5. The largest absolute Gasteiger partial charge is 0.479 e. The van der Waals surface area contributed by atoms with E-state index in [2.05, 4.69) is 15.5 Å². The van der Waals surface area contributed by atoms with E-state index in [1.54, 1.807) is 18.3 Å².